The van der Waals surface area contributed by atoms with E-state index in [9.17, 15) is 17.6 Å². The molecule has 1 aromatic carbocycles. The van der Waals surface area contributed by atoms with E-state index in [-0.39, 0.29) is 36.5 Å². The average molecular weight is 412 g/mol. The zero-order valence-electron chi connectivity index (χ0n) is 15.0. The summed E-state index contributed by atoms with van der Waals surface area (Å²) in [5, 5.41) is 5.20. The van der Waals surface area contributed by atoms with Gasteiger partial charge in [0.05, 0.1) is 11.4 Å². The number of benzene rings is 1. The van der Waals surface area contributed by atoms with Gasteiger partial charge in [-0.2, -0.15) is 4.31 Å². The minimum absolute atomic E-state index is 0.0442. The van der Waals surface area contributed by atoms with Crippen molar-refractivity contribution in [2.75, 3.05) is 32.7 Å². The molecule has 0 bridgehead atoms. The molecule has 1 atom stereocenters. The van der Waals surface area contributed by atoms with Gasteiger partial charge in [-0.25, -0.2) is 12.8 Å². The van der Waals surface area contributed by atoms with Crippen LogP contribution in [0.4, 0.5) is 4.39 Å². The number of carbonyl (C=O) groups is 1. The lowest BCUT2D eigenvalue weighted by Gasteiger charge is -2.34. The Hall–Kier alpha value is -1.81. The molecule has 2 heterocycles. The topological polar surface area (TPSA) is 69.7 Å². The second-order valence-electron chi connectivity index (χ2n) is 6.36. The van der Waals surface area contributed by atoms with Crippen LogP contribution in [0.3, 0.4) is 0 Å². The predicted octanol–water partition coefficient (Wildman–Crippen LogP) is 2.07. The zero-order valence-corrected chi connectivity index (χ0v) is 16.6. The normalized spacial score (nSPS) is 17.0. The molecule has 1 aliphatic rings. The highest BCUT2D eigenvalue weighted by Crippen LogP contribution is 2.19. The van der Waals surface area contributed by atoms with Crippen molar-refractivity contribution in [2.45, 2.75) is 17.9 Å². The summed E-state index contributed by atoms with van der Waals surface area (Å²) >= 11 is 1.64. The van der Waals surface area contributed by atoms with Crippen LogP contribution >= 0.6 is 11.3 Å². The molecule has 2 aromatic rings. The molecule has 1 unspecified atom stereocenters. The molecule has 1 amide bonds. The van der Waals surface area contributed by atoms with E-state index >= 15 is 0 Å². The molecule has 0 spiro atoms. The first-order valence-corrected chi connectivity index (χ1v) is 11.0. The highest BCUT2D eigenvalue weighted by Gasteiger charge is 2.30. The van der Waals surface area contributed by atoms with Crippen LogP contribution in [0.5, 0.6) is 0 Å². The molecule has 6 nitrogen and oxygen atoms in total. The third-order valence-corrected chi connectivity index (χ3v) is 7.54. The van der Waals surface area contributed by atoms with Crippen LogP contribution in [0.2, 0.25) is 0 Å². The molecular formula is C18H22FN3O3S2. The van der Waals surface area contributed by atoms with Crippen molar-refractivity contribution in [3.8, 4) is 0 Å². The summed E-state index contributed by atoms with van der Waals surface area (Å²) in [6.07, 6.45) is 0. The molecule has 3 rings (SSSR count). The first-order chi connectivity index (χ1) is 12.9. The van der Waals surface area contributed by atoms with E-state index < -0.39 is 15.8 Å². The Balaban J connectivity index is 1.52. The van der Waals surface area contributed by atoms with Crippen molar-refractivity contribution < 1.29 is 17.6 Å². The minimum atomic E-state index is -3.67. The Morgan fingerprint density at radius 2 is 1.85 bits per heavy atom. The highest BCUT2D eigenvalue weighted by molar-refractivity contribution is 7.89. The number of nitrogens with one attached hydrogen (secondary N) is 1. The quantitative estimate of drug-likeness (QED) is 0.790. The largest absolute Gasteiger partial charge is 0.339 e. The molecule has 0 radical (unpaired) electrons. The standard InChI is InChI=1S/C18H22FN3O3S2/c1-14(17-3-2-12-26-17)20-13-18(23)21-8-10-22(11-9-21)27(24,25)16-6-4-15(19)5-7-16/h2-7,12,14,20H,8-11,13H2,1H3. The van der Waals surface area contributed by atoms with E-state index in [2.05, 4.69) is 5.32 Å². The lowest BCUT2D eigenvalue weighted by molar-refractivity contribution is -0.131. The summed E-state index contributed by atoms with van der Waals surface area (Å²) in [5.74, 6) is -0.522. The number of amides is 1. The second-order valence-corrected chi connectivity index (χ2v) is 9.27. The Bertz CT molecular complexity index is 862. The molecular weight excluding hydrogens is 389 g/mol. The summed E-state index contributed by atoms with van der Waals surface area (Å²) in [6, 6.07) is 8.87. The van der Waals surface area contributed by atoms with Crippen LogP contribution in [-0.2, 0) is 14.8 Å². The van der Waals surface area contributed by atoms with Gasteiger partial charge in [-0.1, -0.05) is 6.07 Å². The maximum atomic E-state index is 13.0. The van der Waals surface area contributed by atoms with Gasteiger partial charge >= 0.3 is 0 Å². The van der Waals surface area contributed by atoms with E-state index in [4.69, 9.17) is 0 Å². The first-order valence-electron chi connectivity index (χ1n) is 8.68. The van der Waals surface area contributed by atoms with E-state index in [0.29, 0.717) is 13.1 Å². The van der Waals surface area contributed by atoms with Crippen molar-refractivity contribution in [1.82, 2.24) is 14.5 Å². The number of carbonyl (C=O) groups excluding carboxylic acids is 1. The molecule has 0 saturated carbocycles. The van der Waals surface area contributed by atoms with Gasteiger partial charge in [0.1, 0.15) is 5.82 Å². The SMILES string of the molecule is CC(NCC(=O)N1CCN(S(=O)(=O)c2ccc(F)cc2)CC1)c1cccs1. The number of hydrogen-bond donors (Lipinski definition) is 1. The Labute approximate surface area is 162 Å². The molecule has 9 heteroatoms. The highest BCUT2D eigenvalue weighted by atomic mass is 32.2. The van der Waals surface area contributed by atoms with E-state index in [1.807, 2.05) is 24.4 Å². The Morgan fingerprint density at radius 1 is 1.19 bits per heavy atom. The van der Waals surface area contributed by atoms with Crippen molar-refractivity contribution in [1.29, 1.82) is 0 Å². The molecule has 0 aliphatic carbocycles. The number of halogens is 1. The average Bonchev–Trinajstić information content (AvgIpc) is 3.21. The van der Waals surface area contributed by atoms with Gasteiger partial charge in [0.15, 0.2) is 0 Å². The monoisotopic (exact) mass is 411 g/mol. The van der Waals surface area contributed by atoms with Crippen LogP contribution in [0, 0.1) is 5.82 Å². The lowest BCUT2D eigenvalue weighted by Crippen LogP contribution is -2.52. The maximum absolute atomic E-state index is 13.0. The van der Waals surface area contributed by atoms with Crippen LogP contribution in [0.1, 0.15) is 17.8 Å². The summed E-state index contributed by atoms with van der Waals surface area (Å²) < 4.78 is 39.6. The third kappa shape index (κ3) is 4.73. The number of sulfonamides is 1. The van der Waals surface area contributed by atoms with Gasteiger partial charge in [-0.15, -0.1) is 11.3 Å². The molecule has 27 heavy (non-hydrogen) atoms. The predicted molar refractivity (Wildman–Crippen MR) is 102 cm³/mol. The fraction of sp³-hybridized carbons (Fsp3) is 0.389. The number of piperazine rings is 1. The zero-order chi connectivity index (χ0) is 19.4. The van der Waals surface area contributed by atoms with Crippen LogP contribution in [0.25, 0.3) is 0 Å². The van der Waals surface area contributed by atoms with Crippen LogP contribution in [-0.4, -0.2) is 56.3 Å². The van der Waals surface area contributed by atoms with Gasteiger partial charge in [-0.05, 0) is 42.6 Å². The van der Waals surface area contributed by atoms with E-state index in [1.165, 1.54) is 16.4 Å². The molecule has 1 aliphatic heterocycles. The summed E-state index contributed by atoms with van der Waals surface area (Å²) in [6.45, 7) is 3.36. The van der Waals surface area contributed by atoms with Gasteiger partial charge in [0.25, 0.3) is 0 Å². The molecule has 146 valence electrons. The second kappa shape index (κ2) is 8.47. The summed E-state index contributed by atoms with van der Waals surface area (Å²) in [5.41, 5.74) is 0. The number of rotatable bonds is 6. The summed E-state index contributed by atoms with van der Waals surface area (Å²) in [4.78, 5) is 15.3. The summed E-state index contributed by atoms with van der Waals surface area (Å²) in [7, 11) is -3.67. The minimum Gasteiger partial charge on any atom is -0.339 e. The maximum Gasteiger partial charge on any atom is 0.243 e. The van der Waals surface area contributed by atoms with Crippen LogP contribution in [0.15, 0.2) is 46.7 Å². The fourth-order valence-electron chi connectivity index (χ4n) is 2.92. The van der Waals surface area contributed by atoms with Crippen molar-refractivity contribution >= 4 is 27.3 Å². The Kier molecular flexibility index (Phi) is 6.25. The van der Waals surface area contributed by atoms with Crippen LogP contribution < -0.4 is 5.32 Å². The molecule has 1 N–H and O–H groups in total. The Morgan fingerprint density at radius 3 is 2.44 bits per heavy atom. The number of nitrogens with zero attached hydrogens (tertiary/aromatic N) is 2. The number of hydrogen-bond acceptors (Lipinski definition) is 5. The first kappa shape index (κ1) is 19.9. The van der Waals surface area contributed by atoms with E-state index in [0.717, 1.165) is 17.0 Å². The fourth-order valence-corrected chi connectivity index (χ4v) is 5.10. The van der Waals surface area contributed by atoms with Gasteiger partial charge in [-0.3, -0.25) is 4.79 Å². The van der Waals surface area contributed by atoms with E-state index in [1.54, 1.807) is 16.2 Å². The number of thiophene rings is 1. The third-order valence-electron chi connectivity index (χ3n) is 4.57. The van der Waals surface area contributed by atoms with Gasteiger partial charge < -0.3 is 10.2 Å². The van der Waals surface area contributed by atoms with Gasteiger partial charge in [0.2, 0.25) is 15.9 Å². The van der Waals surface area contributed by atoms with Gasteiger partial charge in [0, 0.05) is 37.1 Å². The molecule has 1 aromatic heterocycles. The lowest BCUT2D eigenvalue weighted by atomic mass is 10.2. The van der Waals surface area contributed by atoms with Crippen molar-refractivity contribution in [3.63, 3.8) is 0 Å². The molecule has 1 fully saturated rings. The van der Waals surface area contributed by atoms with Crippen molar-refractivity contribution in [2.24, 2.45) is 0 Å². The molecule has 1 saturated heterocycles. The smallest absolute Gasteiger partial charge is 0.243 e. The van der Waals surface area contributed by atoms with Crippen molar-refractivity contribution in [3.05, 3.63) is 52.5 Å².